The van der Waals surface area contributed by atoms with E-state index in [9.17, 15) is 4.79 Å². The molecule has 0 radical (unpaired) electrons. The first-order valence-corrected chi connectivity index (χ1v) is 7.06. The van der Waals surface area contributed by atoms with Crippen molar-refractivity contribution in [3.63, 3.8) is 0 Å². The van der Waals surface area contributed by atoms with Crippen LogP contribution in [0.5, 0.6) is 11.5 Å². The maximum Gasteiger partial charge on any atom is 0.307 e. The van der Waals surface area contributed by atoms with Gasteiger partial charge < -0.3 is 14.6 Å². The zero-order valence-electron chi connectivity index (χ0n) is 11.4. The molecule has 0 bridgehead atoms. The first kappa shape index (κ1) is 13.2. The molecule has 1 fully saturated rings. The number of benzene rings is 1. The van der Waals surface area contributed by atoms with E-state index in [4.69, 9.17) is 14.6 Å². The average Bonchev–Trinajstić information content (AvgIpc) is 2.77. The second-order valence-corrected chi connectivity index (χ2v) is 5.39. The van der Waals surface area contributed by atoms with Crippen molar-refractivity contribution in [3.05, 3.63) is 23.8 Å². The summed E-state index contributed by atoms with van der Waals surface area (Å²) >= 11 is 0. The first-order chi connectivity index (χ1) is 9.72. The van der Waals surface area contributed by atoms with Crippen molar-refractivity contribution in [2.45, 2.75) is 19.4 Å². The molecule has 1 aromatic rings. The fourth-order valence-electron chi connectivity index (χ4n) is 2.74. The van der Waals surface area contributed by atoms with E-state index in [0.717, 1.165) is 43.0 Å². The van der Waals surface area contributed by atoms with Crippen molar-refractivity contribution in [3.8, 4) is 11.5 Å². The minimum Gasteiger partial charge on any atom is -0.490 e. The summed E-state index contributed by atoms with van der Waals surface area (Å²) in [6.45, 7) is 3.61. The Hall–Kier alpha value is -1.75. The summed E-state index contributed by atoms with van der Waals surface area (Å²) in [5, 5.41) is 9.02. The molecule has 1 N–H and O–H groups in total. The van der Waals surface area contributed by atoms with Gasteiger partial charge in [0.1, 0.15) is 0 Å². The molecule has 0 aromatic heterocycles. The van der Waals surface area contributed by atoms with Crippen molar-refractivity contribution >= 4 is 5.97 Å². The number of ether oxygens (including phenoxy) is 2. The molecule has 2 aliphatic rings. The highest BCUT2D eigenvalue weighted by Gasteiger charge is 2.27. The molecule has 2 heterocycles. The minimum absolute atomic E-state index is 0.226. The SMILES string of the molecule is O=C(O)C1CCN(Cc2ccc3c(c2)OCCCO3)C1. The number of aliphatic carboxylic acids is 1. The Balaban J connectivity index is 1.66. The van der Waals surface area contributed by atoms with Crippen LogP contribution in [0.2, 0.25) is 0 Å². The van der Waals surface area contributed by atoms with Gasteiger partial charge in [-0.15, -0.1) is 0 Å². The smallest absolute Gasteiger partial charge is 0.307 e. The number of nitrogens with zero attached hydrogens (tertiary/aromatic N) is 1. The number of fused-ring (bicyclic) bond motifs is 1. The van der Waals surface area contributed by atoms with Gasteiger partial charge in [0, 0.05) is 19.5 Å². The van der Waals surface area contributed by atoms with E-state index in [1.165, 1.54) is 0 Å². The minimum atomic E-state index is -0.689. The van der Waals surface area contributed by atoms with Crippen molar-refractivity contribution in [1.29, 1.82) is 0 Å². The Morgan fingerprint density at radius 2 is 2.10 bits per heavy atom. The topological polar surface area (TPSA) is 59.0 Å². The van der Waals surface area contributed by atoms with Crippen molar-refractivity contribution in [2.24, 2.45) is 5.92 Å². The predicted octanol–water partition coefficient (Wildman–Crippen LogP) is 1.75. The number of rotatable bonds is 3. The van der Waals surface area contributed by atoms with Gasteiger partial charge in [-0.05, 0) is 30.7 Å². The Morgan fingerprint density at radius 3 is 2.85 bits per heavy atom. The van der Waals surface area contributed by atoms with Gasteiger partial charge in [0.25, 0.3) is 0 Å². The third-order valence-electron chi connectivity index (χ3n) is 3.84. The number of likely N-dealkylation sites (tertiary alicyclic amines) is 1. The van der Waals surface area contributed by atoms with E-state index in [1.54, 1.807) is 0 Å². The van der Waals surface area contributed by atoms with E-state index in [-0.39, 0.29) is 5.92 Å². The molecule has 20 heavy (non-hydrogen) atoms. The molecule has 0 aliphatic carbocycles. The normalized spacial score (nSPS) is 22.5. The molecule has 1 aromatic carbocycles. The fourth-order valence-corrected chi connectivity index (χ4v) is 2.74. The van der Waals surface area contributed by atoms with Gasteiger partial charge in [-0.25, -0.2) is 0 Å². The third-order valence-corrected chi connectivity index (χ3v) is 3.84. The molecule has 5 heteroatoms. The van der Waals surface area contributed by atoms with Crippen LogP contribution in [0, 0.1) is 5.92 Å². The molecule has 0 spiro atoms. The molecule has 3 rings (SSSR count). The lowest BCUT2D eigenvalue weighted by molar-refractivity contribution is -0.141. The zero-order chi connectivity index (χ0) is 13.9. The van der Waals surface area contributed by atoms with Gasteiger partial charge in [0.2, 0.25) is 0 Å². The Labute approximate surface area is 118 Å². The highest BCUT2D eigenvalue weighted by Crippen LogP contribution is 2.31. The van der Waals surface area contributed by atoms with Crippen LogP contribution in [-0.4, -0.2) is 42.3 Å². The monoisotopic (exact) mass is 277 g/mol. The summed E-state index contributed by atoms with van der Waals surface area (Å²) in [4.78, 5) is 13.1. The Kier molecular flexibility index (Phi) is 3.78. The number of hydrogen-bond donors (Lipinski definition) is 1. The molecule has 1 unspecified atom stereocenters. The Bertz CT molecular complexity index is 503. The lowest BCUT2D eigenvalue weighted by Gasteiger charge is -2.16. The number of hydrogen-bond acceptors (Lipinski definition) is 4. The maximum absolute atomic E-state index is 11.0. The van der Waals surface area contributed by atoms with Gasteiger partial charge >= 0.3 is 5.97 Å². The summed E-state index contributed by atoms with van der Waals surface area (Å²) in [5.74, 6) is 0.687. The number of carboxylic acids is 1. The predicted molar refractivity (Wildman–Crippen MR) is 73.1 cm³/mol. The van der Waals surface area contributed by atoms with Gasteiger partial charge in [-0.2, -0.15) is 0 Å². The standard InChI is InChI=1S/C15H19NO4/c17-15(18)12-4-5-16(10-12)9-11-2-3-13-14(8-11)20-7-1-6-19-13/h2-3,8,12H,1,4-7,9-10H2,(H,17,18). The van der Waals surface area contributed by atoms with Crippen LogP contribution in [-0.2, 0) is 11.3 Å². The van der Waals surface area contributed by atoms with Crippen LogP contribution in [0.25, 0.3) is 0 Å². The molecule has 0 saturated carbocycles. The van der Waals surface area contributed by atoms with E-state index in [0.29, 0.717) is 19.8 Å². The van der Waals surface area contributed by atoms with E-state index in [2.05, 4.69) is 4.90 Å². The fraction of sp³-hybridized carbons (Fsp3) is 0.533. The summed E-state index contributed by atoms with van der Waals surface area (Å²) in [6.07, 6.45) is 1.64. The van der Waals surface area contributed by atoms with Gasteiger partial charge in [-0.1, -0.05) is 6.07 Å². The van der Waals surface area contributed by atoms with Crippen LogP contribution in [0.15, 0.2) is 18.2 Å². The van der Waals surface area contributed by atoms with Crippen molar-refractivity contribution < 1.29 is 19.4 Å². The molecule has 5 nitrogen and oxygen atoms in total. The largest absolute Gasteiger partial charge is 0.490 e. The van der Waals surface area contributed by atoms with Crippen LogP contribution >= 0.6 is 0 Å². The summed E-state index contributed by atoms with van der Waals surface area (Å²) in [5.41, 5.74) is 1.14. The number of carboxylic acid groups (broad SMARTS) is 1. The van der Waals surface area contributed by atoms with Gasteiger partial charge in [-0.3, -0.25) is 9.69 Å². The molecular weight excluding hydrogens is 258 g/mol. The van der Waals surface area contributed by atoms with Gasteiger partial charge in [0.05, 0.1) is 19.1 Å². The lowest BCUT2D eigenvalue weighted by atomic mass is 10.1. The maximum atomic E-state index is 11.0. The van der Waals surface area contributed by atoms with Crippen LogP contribution in [0.4, 0.5) is 0 Å². The van der Waals surface area contributed by atoms with E-state index >= 15 is 0 Å². The highest BCUT2D eigenvalue weighted by atomic mass is 16.5. The van der Waals surface area contributed by atoms with Crippen LogP contribution < -0.4 is 9.47 Å². The van der Waals surface area contributed by atoms with E-state index < -0.39 is 5.97 Å². The first-order valence-electron chi connectivity index (χ1n) is 7.06. The molecule has 1 saturated heterocycles. The summed E-state index contributed by atoms with van der Waals surface area (Å²) < 4.78 is 11.3. The van der Waals surface area contributed by atoms with E-state index in [1.807, 2.05) is 18.2 Å². The third kappa shape index (κ3) is 2.88. The Morgan fingerprint density at radius 1 is 1.30 bits per heavy atom. The van der Waals surface area contributed by atoms with Gasteiger partial charge in [0.15, 0.2) is 11.5 Å². The summed E-state index contributed by atoms with van der Waals surface area (Å²) in [6, 6.07) is 5.98. The van der Waals surface area contributed by atoms with Crippen LogP contribution in [0.1, 0.15) is 18.4 Å². The molecule has 0 amide bonds. The lowest BCUT2D eigenvalue weighted by Crippen LogP contribution is -2.22. The quantitative estimate of drug-likeness (QED) is 0.912. The molecule has 1 atom stereocenters. The zero-order valence-corrected chi connectivity index (χ0v) is 11.4. The number of carbonyl (C=O) groups is 1. The molecular formula is C15H19NO4. The highest BCUT2D eigenvalue weighted by molar-refractivity contribution is 5.70. The average molecular weight is 277 g/mol. The second kappa shape index (κ2) is 5.71. The molecule has 2 aliphatic heterocycles. The molecule has 108 valence electrons. The summed E-state index contributed by atoms with van der Waals surface area (Å²) in [7, 11) is 0. The van der Waals surface area contributed by atoms with Crippen molar-refractivity contribution in [2.75, 3.05) is 26.3 Å². The van der Waals surface area contributed by atoms with Crippen molar-refractivity contribution in [1.82, 2.24) is 4.90 Å². The second-order valence-electron chi connectivity index (χ2n) is 5.39. The van der Waals surface area contributed by atoms with Crippen LogP contribution in [0.3, 0.4) is 0 Å².